The van der Waals surface area contributed by atoms with Gasteiger partial charge in [-0.1, -0.05) is 43.7 Å². The van der Waals surface area contributed by atoms with Gasteiger partial charge >= 0.3 is 0 Å². The summed E-state index contributed by atoms with van der Waals surface area (Å²) >= 11 is 0. The summed E-state index contributed by atoms with van der Waals surface area (Å²) in [5.41, 5.74) is 2.06. The summed E-state index contributed by atoms with van der Waals surface area (Å²) < 4.78 is 18.6. The Labute approximate surface area is 178 Å². The Kier molecular flexibility index (Phi) is 8.84. The fourth-order valence-corrected chi connectivity index (χ4v) is 3.01. The Morgan fingerprint density at radius 3 is 2.23 bits per heavy atom. The molecule has 0 aliphatic carbocycles. The van der Waals surface area contributed by atoms with Crippen LogP contribution in [0, 0.1) is 12.7 Å². The molecule has 0 fully saturated rings. The third-order valence-corrected chi connectivity index (χ3v) is 5.04. The molecule has 0 saturated heterocycles. The Balaban J connectivity index is 2.19. The molecule has 2 aromatic carbocycles. The van der Waals surface area contributed by atoms with Gasteiger partial charge in [-0.25, -0.2) is 4.39 Å². The molecule has 162 valence electrons. The highest BCUT2D eigenvalue weighted by atomic mass is 19.1. The number of nitrogens with zero attached hydrogens (tertiary/aromatic N) is 1. The monoisotopic (exact) mass is 414 g/mol. The number of nitrogens with one attached hydrogen (secondary N) is 1. The number of aryl methyl sites for hydroxylation is 1. The molecular formula is C24H31FN2O3. The minimum atomic E-state index is -0.607. The van der Waals surface area contributed by atoms with Crippen molar-refractivity contribution in [3.05, 3.63) is 65.5 Å². The number of halogens is 1. The fraction of sp³-hybridized carbons (Fsp3) is 0.417. The number of carbonyl (C=O) groups excluding carboxylic acids is 2. The van der Waals surface area contributed by atoms with Gasteiger partial charge in [-0.3, -0.25) is 9.59 Å². The average molecular weight is 415 g/mol. The summed E-state index contributed by atoms with van der Waals surface area (Å²) in [7, 11) is 0. The Morgan fingerprint density at radius 1 is 1.03 bits per heavy atom. The van der Waals surface area contributed by atoms with Gasteiger partial charge in [0.1, 0.15) is 17.6 Å². The van der Waals surface area contributed by atoms with E-state index in [4.69, 9.17) is 4.74 Å². The second-order valence-corrected chi connectivity index (χ2v) is 7.49. The van der Waals surface area contributed by atoms with Crippen molar-refractivity contribution in [2.24, 2.45) is 0 Å². The van der Waals surface area contributed by atoms with Gasteiger partial charge in [-0.2, -0.15) is 0 Å². The molecule has 0 saturated carbocycles. The average Bonchev–Trinajstić information content (AvgIpc) is 2.74. The van der Waals surface area contributed by atoms with Crippen LogP contribution in [-0.2, 0) is 16.1 Å². The van der Waals surface area contributed by atoms with Gasteiger partial charge in [0, 0.05) is 12.6 Å². The Morgan fingerprint density at radius 2 is 1.67 bits per heavy atom. The first-order valence-corrected chi connectivity index (χ1v) is 10.4. The fourth-order valence-electron chi connectivity index (χ4n) is 3.01. The number of benzene rings is 2. The zero-order valence-corrected chi connectivity index (χ0v) is 18.2. The Hall–Kier alpha value is -2.89. The number of amides is 2. The summed E-state index contributed by atoms with van der Waals surface area (Å²) in [4.78, 5) is 27.5. The smallest absolute Gasteiger partial charge is 0.261 e. The maximum Gasteiger partial charge on any atom is 0.261 e. The van der Waals surface area contributed by atoms with E-state index in [9.17, 15) is 14.0 Å². The van der Waals surface area contributed by atoms with Gasteiger partial charge in [0.25, 0.3) is 5.91 Å². The van der Waals surface area contributed by atoms with Crippen molar-refractivity contribution in [1.29, 1.82) is 0 Å². The van der Waals surface area contributed by atoms with Crippen molar-refractivity contribution in [2.75, 3.05) is 6.61 Å². The topological polar surface area (TPSA) is 58.6 Å². The lowest BCUT2D eigenvalue weighted by Crippen LogP contribution is -2.51. The number of hydrogen-bond donors (Lipinski definition) is 1. The molecule has 0 aliphatic rings. The van der Waals surface area contributed by atoms with Gasteiger partial charge < -0.3 is 15.0 Å². The third-order valence-electron chi connectivity index (χ3n) is 5.04. The van der Waals surface area contributed by atoms with Gasteiger partial charge in [0.15, 0.2) is 6.61 Å². The van der Waals surface area contributed by atoms with Crippen molar-refractivity contribution in [3.8, 4) is 5.75 Å². The number of rotatable bonds is 10. The minimum absolute atomic E-state index is 0.0262. The molecule has 0 heterocycles. The molecule has 0 unspecified atom stereocenters. The molecule has 2 rings (SSSR count). The SMILES string of the molecule is CC[C@@H](C)NC(=O)[C@@H](CC)N(Cc1ccc(C)cc1)C(=O)COc1ccc(F)cc1. The van der Waals surface area contributed by atoms with E-state index in [1.54, 1.807) is 4.90 Å². The van der Waals surface area contributed by atoms with Crippen LogP contribution in [0.2, 0.25) is 0 Å². The number of carbonyl (C=O) groups is 2. The maximum absolute atomic E-state index is 13.1. The van der Waals surface area contributed by atoms with Crippen molar-refractivity contribution in [2.45, 2.75) is 59.2 Å². The molecule has 0 aliphatic heterocycles. The third kappa shape index (κ3) is 6.87. The van der Waals surface area contributed by atoms with E-state index in [1.807, 2.05) is 52.0 Å². The maximum atomic E-state index is 13.1. The van der Waals surface area contributed by atoms with Crippen molar-refractivity contribution in [1.82, 2.24) is 10.2 Å². The van der Waals surface area contributed by atoms with Crippen LogP contribution in [0.15, 0.2) is 48.5 Å². The molecule has 2 amide bonds. The molecule has 2 aromatic rings. The normalized spacial score (nSPS) is 12.7. The van der Waals surface area contributed by atoms with E-state index >= 15 is 0 Å². The molecule has 0 radical (unpaired) electrons. The van der Waals surface area contributed by atoms with Gasteiger partial charge in [0.05, 0.1) is 0 Å². The predicted molar refractivity (Wildman–Crippen MR) is 116 cm³/mol. The zero-order valence-electron chi connectivity index (χ0n) is 18.2. The summed E-state index contributed by atoms with van der Waals surface area (Å²) in [6, 6.07) is 12.8. The van der Waals surface area contributed by atoms with Crippen molar-refractivity contribution >= 4 is 11.8 Å². The van der Waals surface area contributed by atoms with E-state index in [-0.39, 0.29) is 30.3 Å². The Bertz CT molecular complexity index is 821. The van der Waals surface area contributed by atoms with Crippen molar-refractivity contribution in [3.63, 3.8) is 0 Å². The van der Waals surface area contributed by atoms with E-state index in [2.05, 4.69) is 5.32 Å². The molecule has 2 atom stereocenters. The highest BCUT2D eigenvalue weighted by molar-refractivity contribution is 5.88. The zero-order chi connectivity index (χ0) is 22.1. The van der Waals surface area contributed by atoms with Crippen LogP contribution in [0.4, 0.5) is 4.39 Å². The van der Waals surface area contributed by atoms with E-state index in [0.29, 0.717) is 18.7 Å². The first kappa shape index (κ1) is 23.4. The largest absolute Gasteiger partial charge is 0.484 e. The highest BCUT2D eigenvalue weighted by Crippen LogP contribution is 2.16. The highest BCUT2D eigenvalue weighted by Gasteiger charge is 2.29. The predicted octanol–water partition coefficient (Wildman–Crippen LogP) is 4.24. The summed E-state index contributed by atoms with van der Waals surface area (Å²) in [6.07, 6.45) is 1.29. The van der Waals surface area contributed by atoms with Gasteiger partial charge in [0.2, 0.25) is 5.91 Å². The van der Waals surface area contributed by atoms with Gasteiger partial charge in [-0.05, 0) is 56.5 Å². The minimum Gasteiger partial charge on any atom is -0.484 e. The standard InChI is InChI=1S/C24H31FN2O3/c1-5-18(4)26-24(29)22(6-2)27(15-19-9-7-17(3)8-10-19)23(28)16-30-21-13-11-20(25)12-14-21/h7-14,18,22H,5-6,15-16H2,1-4H3,(H,26,29)/t18-,22-/m1/s1. The summed E-state index contributed by atoms with van der Waals surface area (Å²) in [5, 5.41) is 2.98. The second kappa shape index (κ2) is 11.3. The van der Waals surface area contributed by atoms with Crippen LogP contribution in [0.25, 0.3) is 0 Å². The van der Waals surface area contributed by atoms with Crippen LogP contribution in [0.5, 0.6) is 5.75 Å². The van der Waals surface area contributed by atoms with Crippen LogP contribution in [-0.4, -0.2) is 35.4 Å². The summed E-state index contributed by atoms with van der Waals surface area (Å²) in [5.74, 6) is -0.445. The first-order chi connectivity index (χ1) is 14.3. The molecule has 6 heteroatoms. The summed E-state index contributed by atoms with van der Waals surface area (Å²) in [6.45, 7) is 7.89. The van der Waals surface area contributed by atoms with E-state index < -0.39 is 6.04 Å². The lowest BCUT2D eigenvalue weighted by Gasteiger charge is -2.31. The quantitative estimate of drug-likeness (QED) is 0.633. The first-order valence-electron chi connectivity index (χ1n) is 10.4. The lowest BCUT2D eigenvalue weighted by atomic mass is 10.1. The van der Waals surface area contributed by atoms with Crippen LogP contribution >= 0.6 is 0 Å². The van der Waals surface area contributed by atoms with Crippen molar-refractivity contribution < 1.29 is 18.7 Å². The molecule has 5 nitrogen and oxygen atoms in total. The molecule has 0 aromatic heterocycles. The number of hydrogen-bond acceptors (Lipinski definition) is 3. The van der Waals surface area contributed by atoms with E-state index in [0.717, 1.165) is 17.5 Å². The number of ether oxygens (including phenoxy) is 1. The van der Waals surface area contributed by atoms with Gasteiger partial charge in [-0.15, -0.1) is 0 Å². The molecule has 0 spiro atoms. The van der Waals surface area contributed by atoms with Crippen LogP contribution in [0.3, 0.4) is 0 Å². The lowest BCUT2D eigenvalue weighted by molar-refractivity contribution is -0.143. The molecular weight excluding hydrogens is 383 g/mol. The van der Waals surface area contributed by atoms with Crippen LogP contribution in [0.1, 0.15) is 44.7 Å². The molecule has 0 bridgehead atoms. The van der Waals surface area contributed by atoms with E-state index in [1.165, 1.54) is 24.3 Å². The van der Waals surface area contributed by atoms with Crippen LogP contribution < -0.4 is 10.1 Å². The molecule has 30 heavy (non-hydrogen) atoms. The second-order valence-electron chi connectivity index (χ2n) is 7.49. The molecule has 1 N–H and O–H groups in total.